The van der Waals surface area contributed by atoms with Crippen molar-refractivity contribution in [1.82, 2.24) is 10.2 Å². The van der Waals surface area contributed by atoms with E-state index in [0.29, 0.717) is 30.5 Å². The van der Waals surface area contributed by atoms with Crippen LogP contribution in [0.4, 0.5) is 14.9 Å². The van der Waals surface area contributed by atoms with Gasteiger partial charge in [-0.3, -0.25) is 4.79 Å². The number of ether oxygens (including phenoxy) is 1. The van der Waals surface area contributed by atoms with Crippen molar-refractivity contribution in [1.29, 1.82) is 0 Å². The standard InChI is InChI=1S/C26H34FN3O4/c1-25(2,3)34-24(33)28-26(23(32)29(4)5)12-7-13-30(17-26)22-11-10-19(14-20(22)16-31)18-8-6-9-21(27)15-18/h6,8-11,14-15,31H,7,12-13,16-17H2,1-5H3,(H,28,33). The predicted molar refractivity (Wildman–Crippen MR) is 130 cm³/mol. The molecule has 3 rings (SSSR count). The minimum atomic E-state index is -1.17. The van der Waals surface area contributed by atoms with Crippen LogP contribution in [0, 0.1) is 5.82 Å². The summed E-state index contributed by atoms with van der Waals surface area (Å²) in [6.07, 6.45) is 0.481. The van der Waals surface area contributed by atoms with Crippen LogP contribution in [0.5, 0.6) is 0 Å². The molecule has 1 aliphatic rings. The van der Waals surface area contributed by atoms with Crippen molar-refractivity contribution >= 4 is 17.7 Å². The number of halogens is 1. The Morgan fingerprint density at radius 1 is 1.18 bits per heavy atom. The fourth-order valence-electron chi connectivity index (χ4n) is 4.39. The van der Waals surface area contributed by atoms with E-state index in [4.69, 9.17) is 4.74 Å². The average Bonchev–Trinajstić information content (AvgIpc) is 2.76. The second kappa shape index (κ2) is 10.0. The molecule has 0 saturated carbocycles. The number of hydrogen-bond donors (Lipinski definition) is 2. The van der Waals surface area contributed by atoms with Crippen molar-refractivity contribution in [3.05, 3.63) is 53.8 Å². The van der Waals surface area contributed by atoms with Crippen LogP contribution in [-0.4, -0.2) is 60.3 Å². The highest BCUT2D eigenvalue weighted by molar-refractivity contribution is 5.91. The third kappa shape index (κ3) is 5.86. The molecule has 34 heavy (non-hydrogen) atoms. The number of alkyl carbamates (subject to hydrolysis) is 1. The summed E-state index contributed by atoms with van der Waals surface area (Å²) in [5.74, 6) is -0.548. The van der Waals surface area contributed by atoms with Crippen LogP contribution in [0.3, 0.4) is 0 Å². The molecule has 1 heterocycles. The van der Waals surface area contributed by atoms with Gasteiger partial charge in [-0.05, 0) is 69.0 Å². The molecule has 0 bridgehead atoms. The largest absolute Gasteiger partial charge is 0.444 e. The van der Waals surface area contributed by atoms with Gasteiger partial charge < -0.3 is 25.0 Å². The number of nitrogens with one attached hydrogen (secondary N) is 1. The Bertz CT molecular complexity index is 1050. The Balaban J connectivity index is 1.93. The maximum absolute atomic E-state index is 13.7. The van der Waals surface area contributed by atoms with E-state index in [1.807, 2.05) is 29.2 Å². The molecule has 2 aromatic carbocycles. The Morgan fingerprint density at radius 2 is 1.88 bits per heavy atom. The molecular weight excluding hydrogens is 437 g/mol. The monoisotopic (exact) mass is 471 g/mol. The highest BCUT2D eigenvalue weighted by atomic mass is 19.1. The molecule has 2 aromatic rings. The van der Waals surface area contributed by atoms with E-state index < -0.39 is 17.2 Å². The topological polar surface area (TPSA) is 82.1 Å². The smallest absolute Gasteiger partial charge is 0.408 e. The van der Waals surface area contributed by atoms with Crippen LogP contribution >= 0.6 is 0 Å². The van der Waals surface area contributed by atoms with E-state index in [2.05, 4.69) is 5.32 Å². The van der Waals surface area contributed by atoms with Gasteiger partial charge in [0.15, 0.2) is 0 Å². The van der Waals surface area contributed by atoms with E-state index in [9.17, 15) is 19.1 Å². The number of amides is 2. The predicted octanol–water partition coefficient (Wildman–Crippen LogP) is 3.94. The summed E-state index contributed by atoms with van der Waals surface area (Å²) < 4.78 is 19.1. The van der Waals surface area contributed by atoms with Crippen molar-refractivity contribution in [2.24, 2.45) is 0 Å². The number of carbonyl (C=O) groups is 2. The molecule has 184 valence electrons. The third-order valence-corrected chi connectivity index (χ3v) is 5.80. The van der Waals surface area contributed by atoms with Gasteiger partial charge in [0.2, 0.25) is 5.91 Å². The number of nitrogens with zero attached hydrogens (tertiary/aromatic N) is 2. The number of aliphatic hydroxyl groups is 1. The summed E-state index contributed by atoms with van der Waals surface area (Å²) >= 11 is 0. The normalized spacial score (nSPS) is 18.4. The van der Waals surface area contributed by atoms with Gasteiger partial charge in [-0.1, -0.05) is 18.2 Å². The Morgan fingerprint density at radius 3 is 2.50 bits per heavy atom. The first kappa shape index (κ1) is 25.5. The number of aliphatic hydroxyl groups excluding tert-OH is 1. The highest BCUT2D eigenvalue weighted by Gasteiger charge is 2.45. The minimum Gasteiger partial charge on any atom is -0.444 e. The van der Waals surface area contributed by atoms with Crippen LogP contribution in [0.2, 0.25) is 0 Å². The number of piperidine rings is 1. The zero-order valence-electron chi connectivity index (χ0n) is 20.5. The zero-order chi connectivity index (χ0) is 25.1. The number of anilines is 1. The van der Waals surface area contributed by atoms with Gasteiger partial charge in [0.1, 0.15) is 17.0 Å². The molecule has 8 heteroatoms. The van der Waals surface area contributed by atoms with Crippen molar-refractivity contribution in [2.45, 2.75) is 51.4 Å². The summed E-state index contributed by atoms with van der Waals surface area (Å²) in [4.78, 5) is 29.4. The number of hydrogen-bond acceptors (Lipinski definition) is 5. The van der Waals surface area contributed by atoms with E-state index in [0.717, 1.165) is 11.3 Å². The van der Waals surface area contributed by atoms with E-state index in [1.165, 1.54) is 17.0 Å². The first-order valence-electron chi connectivity index (χ1n) is 11.4. The number of rotatable bonds is 5. The highest BCUT2D eigenvalue weighted by Crippen LogP contribution is 2.33. The summed E-state index contributed by atoms with van der Waals surface area (Å²) in [6, 6.07) is 11.9. The molecule has 1 atom stereocenters. The molecular formula is C26H34FN3O4. The lowest BCUT2D eigenvalue weighted by Gasteiger charge is -2.44. The fraction of sp³-hybridized carbons (Fsp3) is 0.462. The van der Waals surface area contributed by atoms with Crippen LogP contribution in [0.1, 0.15) is 39.2 Å². The Kier molecular flexibility index (Phi) is 7.51. The fourth-order valence-corrected chi connectivity index (χ4v) is 4.39. The lowest BCUT2D eigenvalue weighted by atomic mass is 9.86. The molecule has 1 fully saturated rings. The van der Waals surface area contributed by atoms with E-state index in [-0.39, 0.29) is 24.9 Å². The second-order valence-electron chi connectivity index (χ2n) is 9.95. The van der Waals surface area contributed by atoms with Crippen LogP contribution in [0.15, 0.2) is 42.5 Å². The minimum absolute atomic E-state index is 0.218. The van der Waals surface area contributed by atoms with Gasteiger partial charge in [-0.15, -0.1) is 0 Å². The van der Waals surface area contributed by atoms with E-state index in [1.54, 1.807) is 40.9 Å². The molecule has 0 radical (unpaired) electrons. The SMILES string of the molecule is CN(C)C(=O)C1(NC(=O)OC(C)(C)C)CCCN(c2ccc(-c3cccc(F)c3)cc2CO)C1. The van der Waals surface area contributed by atoms with Crippen molar-refractivity contribution in [2.75, 3.05) is 32.1 Å². The maximum atomic E-state index is 13.7. The van der Waals surface area contributed by atoms with Gasteiger partial charge in [-0.25, -0.2) is 9.18 Å². The molecule has 0 aliphatic carbocycles. The zero-order valence-corrected chi connectivity index (χ0v) is 20.5. The second-order valence-corrected chi connectivity index (χ2v) is 9.95. The molecule has 1 aliphatic heterocycles. The average molecular weight is 472 g/mol. The van der Waals surface area contributed by atoms with Crippen LogP contribution < -0.4 is 10.2 Å². The first-order chi connectivity index (χ1) is 15.9. The Labute approximate surface area is 200 Å². The quantitative estimate of drug-likeness (QED) is 0.691. The van der Waals surface area contributed by atoms with Gasteiger partial charge in [0.25, 0.3) is 0 Å². The lowest BCUT2D eigenvalue weighted by molar-refractivity contribution is -0.136. The van der Waals surface area contributed by atoms with Crippen LogP contribution in [0.25, 0.3) is 11.1 Å². The molecule has 0 spiro atoms. The Hall–Kier alpha value is -3.13. The maximum Gasteiger partial charge on any atom is 0.408 e. The van der Waals surface area contributed by atoms with Crippen LogP contribution in [-0.2, 0) is 16.1 Å². The number of benzene rings is 2. The molecule has 2 N–H and O–H groups in total. The molecule has 7 nitrogen and oxygen atoms in total. The van der Waals surface area contributed by atoms with Gasteiger partial charge >= 0.3 is 6.09 Å². The molecule has 1 unspecified atom stereocenters. The number of likely N-dealkylation sites (N-methyl/N-ethyl adjacent to an activating group) is 1. The lowest BCUT2D eigenvalue weighted by Crippen LogP contribution is -2.66. The first-order valence-corrected chi connectivity index (χ1v) is 11.4. The van der Waals surface area contributed by atoms with Crippen molar-refractivity contribution < 1.29 is 23.8 Å². The summed E-state index contributed by atoms with van der Waals surface area (Å²) in [5, 5.41) is 13.0. The summed E-state index contributed by atoms with van der Waals surface area (Å²) in [7, 11) is 3.32. The molecule has 0 aromatic heterocycles. The summed E-state index contributed by atoms with van der Waals surface area (Å²) in [5.41, 5.74) is 1.06. The molecule has 2 amide bonds. The van der Waals surface area contributed by atoms with Crippen molar-refractivity contribution in [3.8, 4) is 11.1 Å². The summed E-state index contributed by atoms with van der Waals surface area (Å²) in [6.45, 7) is 5.99. The number of carbonyl (C=O) groups excluding carboxylic acids is 2. The third-order valence-electron chi connectivity index (χ3n) is 5.80. The van der Waals surface area contributed by atoms with Gasteiger partial charge in [0.05, 0.1) is 13.2 Å². The van der Waals surface area contributed by atoms with Gasteiger partial charge in [0, 0.05) is 31.9 Å². The van der Waals surface area contributed by atoms with Gasteiger partial charge in [-0.2, -0.15) is 0 Å². The van der Waals surface area contributed by atoms with Crippen molar-refractivity contribution in [3.63, 3.8) is 0 Å². The molecule has 1 saturated heterocycles. The van der Waals surface area contributed by atoms with E-state index >= 15 is 0 Å².